The van der Waals surface area contributed by atoms with Crippen molar-refractivity contribution in [3.63, 3.8) is 0 Å². The molecule has 18 heteroatoms. The van der Waals surface area contributed by atoms with Crippen molar-refractivity contribution in [2.45, 2.75) is 122 Å². The number of aryl methyl sites for hydroxylation is 1. The molecule has 2 aromatic carbocycles. The molecule has 1 aliphatic carbocycles. The van der Waals surface area contributed by atoms with Crippen LogP contribution in [0.1, 0.15) is 114 Å². The largest absolute Gasteiger partial charge is 0.507 e. The van der Waals surface area contributed by atoms with Gasteiger partial charge in [-0.15, -0.1) is 21.5 Å². The second-order valence-electron chi connectivity index (χ2n) is 24.0. The molecule has 3 aromatic heterocycles. The highest BCUT2D eigenvalue weighted by molar-refractivity contribution is 7.13. The number of piperazine rings is 1. The Morgan fingerprint density at radius 3 is 2.26 bits per heavy atom. The monoisotopic (exact) mass is 1070 g/mol. The van der Waals surface area contributed by atoms with Crippen LogP contribution in [0.25, 0.3) is 21.7 Å². The highest BCUT2D eigenvalue weighted by Crippen LogP contribution is 2.51. The van der Waals surface area contributed by atoms with Crippen LogP contribution in [0.3, 0.4) is 0 Å². The zero-order valence-corrected chi connectivity index (χ0v) is 46.5. The minimum Gasteiger partial charge on any atom is -0.507 e. The third kappa shape index (κ3) is 11.6. The molecule has 3 unspecified atom stereocenters. The molecule has 5 N–H and O–H groups in total. The molecule has 5 aliphatic heterocycles. The summed E-state index contributed by atoms with van der Waals surface area (Å²) >= 11 is 1.63. The SMILES string of the molecule is Cc1ncsc1-c1ccc(C(C)NC(=O)C2CCCN2C(=O)C(c2cc(N3CCC(CN4CCC5(CC4)CC(N4CCN(CC6(O)CCN(c7cc(-c8ccccc8O)nnc7N)CC6)CC4)C5)CC3)no2)C(C)C)cc1. The fraction of sp³-hybridized carbons (Fsp3) is 0.593. The third-order valence-corrected chi connectivity index (χ3v) is 19.5. The Bertz CT molecular complexity index is 2820. The number of aliphatic hydroxyl groups is 1. The van der Waals surface area contributed by atoms with Crippen molar-refractivity contribution in [2.24, 2.45) is 17.3 Å². The summed E-state index contributed by atoms with van der Waals surface area (Å²) in [7, 11) is 0. The first kappa shape index (κ1) is 53.3. The number of para-hydroxylation sites is 1. The molecule has 11 rings (SSSR count). The van der Waals surface area contributed by atoms with Gasteiger partial charge in [0.05, 0.1) is 39.1 Å². The van der Waals surface area contributed by atoms with Crippen LogP contribution in [0.5, 0.6) is 5.75 Å². The zero-order valence-electron chi connectivity index (χ0n) is 45.7. The molecule has 5 saturated heterocycles. The van der Waals surface area contributed by atoms with E-state index in [1.54, 1.807) is 28.4 Å². The number of β-amino-alcohol motifs (C(OH)–C–C–N with tert-alkyl or cyclic N) is 1. The van der Waals surface area contributed by atoms with Crippen LogP contribution in [0, 0.1) is 24.2 Å². The predicted octanol–water partition coefficient (Wildman–Crippen LogP) is 7.57. The first-order chi connectivity index (χ1) is 37.2. The number of hydrogen-bond acceptors (Lipinski definition) is 16. The van der Waals surface area contributed by atoms with E-state index in [1.807, 2.05) is 57.5 Å². The molecular weight excluding hydrogens is 989 g/mol. The number of phenolic OH excluding ortho intramolecular Hbond substituents is 1. The van der Waals surface area contributed by atoms with Crippen LogP contribution in [-0.2, 0) is 9.59 Å². The van der Waals surface area contributed by atoms with Crippen molar-refractivity contribution in [3.8, 4) is 27.4 Å². The number of nitrogen functional groups attached to an aromatic ring is 1. The van der Waals surface area contributed by atoms with Crippen molar-refractivity contribution < 1.29 is 24.3 Å². The molecule has 412 valence electrons. The van der Waals surface area contributed by atoms with Gasteiger partial charge in [-0.2, -0.15) is 0 Å². The van der Waals surface area contributed by atoms with Crippen LogP contribution in [-0.4, -0.2) is 165 Å². The standard InChI is InChI=1S/C59H80N12O5S/c1-39(2)53(57(74)71-21-7-9-48(71)56(73)62-40(3)43-11-13-44(14-12-43)54-41(4)61-38-77-54)51-33-52(65-76-51)70-22-15-42(16-23-70)36-66-24-17-58(18-25-66)34-45(35-58)68-30-28-67(29-31-68)37-59(75)19-26-69(27-20-59)49-32-47(63-64-55(49)60)46-8-5-6-10-50(46)72/h5-6,8,10-14,32-33,38-40,42,45,48,53,72,75H,7,9,15-31,34-37H2,1-4H3,(H2,60,64)(H,62,73). The third-order valence-electron chi connectivity index (χ3n) is 18.5. The highest BCUT2D eigenvalue weighted by atomic mass is 32.1. The minimum absolute atomic E-state index is 0.0287. The summed E-state index contributed by atoms with van der Waals surface area (Å²) in [6.07, 6.45) is 10.2. The Morgan fingerprint density at radius 1 is 0.844 bits per heavy atom. The molecule has 6 aliphatic rings. The van der Waals surface area contributed by atoms with Crippen molar-refractivity contribution in [2.75, 3.05) is 101 Å². The average Bonchev–Trinajstić information content (AvgIpc) is 4.23. The van der Waals surface area contributed by atoms with Crippen molar-refractivity contribution in [1.29, 1.82) is 0 Å². The summed E-state index contributed by atoms with van der Waals surface area (Å²) in [5.41, 5.74) is 13.1. The second-order valence-corrected chi connectivity index (χ2v) is 24.8. The highest BCUT2D eigenvalue weighted by Gasteiger charge is 2.49. The number of carbonyl (C=O) groups excluding carboxylic acids is 2. The van der Waals surface area contributed by atoms with Gasteiger partial charge in [-0.05, 0) is 138 Å². The van der Waals surface area contributed by atoms with Crippen molar-refractivity contribution >= 4 is 40.5 Å². The van der Waals surface area contributed by atoms with E-state index in [2.05, 4.69) is 74.4 Å². The number of carbonyl (C=O) groups is 2. The second kappa shape index (κ2) is 22.6. The lowest BCUT2D eigenvalue weighted by atomic mass is 9.60. The van der Waals surface area contributed by atoms with E-state index in [4.69, 9.17) is 10.3 Å². The van der Waals surface area contributed by atoms with E-state index in [1.165, 1.54) is 38.8 Å². The van der Waals surface area contributed by atoms with E-state index in [0.717, 1.165) is 98.3 Å². The van der Waals surface area contributed by atoms with Crippen molar-refractivity contribution in [1.82, 2.24) is 45.3 Å². The molecule has 1 spiro atoms. The molecular formula is C59H80N12O5S. The van der Waals surface area contributed by atoms with E-state index < -0.39 is 17.6 Å². The van der Waals surface area contributed by atoms with Gasteiger partial charge in [0, 0.05) is 89.7 Å². The number of thiazole rings is 1. The van der Waals surface area contributed by atoms with Crippen molar-refractivity contribution in [3.05, 3.63) is 83.2 Å². The topological polar surface area (TPSA) is 197 Å². The molecule has 0 bridgehead atoms. The quantitative estimate of drug-likeness (QED) is 0.0801. The Labute approximate surface area is 458 Å². The molecule has 0 radical (unpaired) electrons. The number of hydrogen-bond donors (Lipinski definition) is 4. The smallest absolute Gasteiger partial charge is 0.243 e. The summed E-state index contributed by atoms with van der Waals surface area (Å²) in [6, 6.07) is 19.3. The van der Waals surface area contributed by atoms with Gasteiger partial charge < -0.3 is 45.4 Å². The minimum atomic E-state index is -0.735. The first-order valence-electron chi connectivity index (χ1n) is 28.6. The lowest BCUT2D eigenvalue weighted by Crippen LogP contribution is -2.60. The Hall–Kier alpha value is -5.66. The first-order valence-corrected chi connectivity index (χ1v) is 29.5. The molecule has 77 heavy (non-hydrogen) atoms. The maximum Gasteiger partial charge on any atom is 0.243 e. The average molecular weight is 1070 g/mol. The van der Waals surface area contributed by atoms with Crippen LogP contribution in [0.2, 0.25) is 0 Å². The van der Waals surface area contributed by atoms with Gasteiger partial charge in [-0.1, -0.05) is 55.4 Å². The maximum absolute atomic E-state index is 14.4. The van der Waals surface area contributed by atoms with Gasteiger partial charge in [0.15, 0.2) is 17.4 Å². The number of piperidine rings is 3. The number of aromatic hydroxyl groups is 1. The summed E-state index contributed by atoms with van der Waals surface area (Å²) in [4.78, 5) is 47.9. The number of nitrogens with one attached hydrogen (secondary N) is 1. The van der Waals surface area contributed by atoms with Gasteiger partial charge in [0.1, 0.15) is 17.7 Å². The van der Waals surface area contributed by atoms with Gasteiger partial charge in [0.25, 0.3) is 0 Å². The predicted molar refractivity (Wildman–Crippen MR) is 302 cm³/mol. The van der Waals surface area contributed by atoms with Crippen LogP contribution >= 0.6 is 11.3 Å². The maximum atomic E-state index is 14.4. The number of nitrogens with zero attached hydrogens (tertiary/aromatic N) is 10. The summed E-state index contributed by atoms with van der Waals surface area (Å²) in [6.45, 7) is 20.2. The Morgan fingerprint density at radius 2 is 1.57 bits per heavy atom. The Balaban J connectivity index is 0.586. The van der Waals surface area contributed by atoms with Gasteiger partial charge in [-0.3, -0.25) is 19.4 Å². The van der Waals surface area contributed by atoms with Crippen LogP contribution in [0.4, 0.5) is 17.3 Å². The van der Waals surface area contributed by atoms with Crippen LogP contribution < -0.4 is 20.9 Å². The molecule has 6 fully saturated rings. The molecule has 8 heterocycles. The normalized spacial score (nSPS) is 22.6. The fourth-order valence-corrected chi connectivity index (χ4v) is 14.5. The number of likely N-dealkylation sites (tertiary alicyclic amines) is 2. The van der Waals surface area contributed by atoms with E-state index >= 15 is 0 Å². The number of phenols is 1. The van der Waals surface area contributed by atoms with E-state index in [0.29, 0.717) is 85.7 Å². The lowest BCUT2D eigenvalue weighted by Gasteiger charge is -2.56. The van der Waals surface area contributed by atoms with Gasteiger partial charge >= 0.3 is 0 Å². The van der Waals surface area contributed by atoms with E-state index in [9.17, 15) is 19.8 Å². The lowest BCUT2D eigenvalue weighted by molar-refractivity contribution is -0.141. The summed E-state index contributed by atoms with van der Waals surface area (Å²) in [5.74, 6) is 1.83. The number of amides is 2. The summed E-state index contributed by atoms with van der Waals surface area (Å²) < 4.78 is 6.00. The molecule has 3 atom stereocenters. The fourth-order valence-electron chi connectivity index (χ4n) is 13.7. The Kier molecular flexibility index (Phi) is 15.7. The van der Waals surface area contributed by atoms with Gasteiger partial charge in [0.2, 0.25) is 11.8 Å². The number of rotatable bonds is 15. The molecule has 1 saturated carbocycles. The summed E-state index contributed by atoms with van der Waals surface area (Å²) in [5, 5.41) is 38.3. The van der Waals surface area contributed by atoms with Gasteiger partial charge in [-0.25, -0.2) is 4.98 Å². The molecule has 5 aromatic rings. The number of benzene rings is 2. The van der Waals surface area contributed by atoms with E-state index in [-0.39, 0.29) is 29.5 Å². The molecule has 17 nitrogen and oxygen atoms in total. The number of anilines is 3. The number of nitrogens with two attached hydrogens (primary N) is 1. The zero-order chi connectivity index (χ0) is 53.4. The number of aromatic nitrogens is 4. The molecule has 2 amide bonds. The van der Waals surface area contributed by atoms with Crippen LogP contribution in [0.15, 0.2) is 70.7 Å².